The summed E-state index contributed by atoms with van der Waals surface area (Å²) in [4.78, 5) is 47.9. The molecule has 4 rings (SSSR count). The smallest absolute Gasteiger partial charge is 0.425 e. The molecule has 1 aliphatic heterocycles. The van der Waals surface area contributed by atoms with Gasteiger partial charge >= 0.3 is 18.4 Å². The van der Waals surface area contributed by atoms with Crippen LogP contribution in [0.15, 0.2) is 48.5 Å². The molecule has 1 amide bonds. The monoisotopic (exact) mass is 439 g/mol. The number of likely N-dealkylation sites (tertiary alicyclic amines) is 1. The van der Waals surface area contributed by atoms with Crippen LogP contribution < -0.4 is 9.47 Å². The fourth-order valence-electron chi connectivity index (χ4n) is 3.23. The van der Waals surface area contributed by atoms with Gasteiger partial charge < -0.3 is 19.1 Å². The van der Waals surface area contributed by atoms with E-state index in [-0.39, 0.29) is 24.9 Å². The molecule has 2 aromatic carbocycles. The van der Waals surface area contributed by atoms with Gasteiger partial charge in [0.05, 0.1) is 4.88 Å². The van der Waals surface area contributed by atoms with Crippen molar-refractivity contribution in [3.8, 4) is 21.9 Å². The number of hydrogen-bond donors (Lipinski definition) is 0. The number of nitrogens with zero attached hydrogens (tertiary/aromatic N) is 1. The van der Waals surface area contributed by atoms with Crippen molar-refractivity contribution in [3.63, 3.8) is 0 Å². The highest BCUT2D eigenvalue weighted by molar-refractivity contribution is 7.22. The Labute approximate surface area is 180 Å². The summed E-state index contributed by atoms with van der Waals surface area (Å²) in [6.07, 6.45) is 1.39. The highest BCUT2D eigenvalue weighted by Crippen LogP contribution is 2.44. The predicted octanol–water partition coefficient (Wildman–Crippen LogP) is 3.13. The molecule has 1 aromatic heterocycles. The van der Waals surface area contributed by atoms with E-state index in [1.807, 2.05) is 12.1 Å². The quantitative estimate of drug-likeness (QED) is 0.252. The van der Waals surface area contributed by atoms with Crippen molar-refractivity contribution in [1.82, 2.24) is 4.90 Å². The number of hydrogen-bond acceptors (Lipinski definition) is 8. The van der Waals surface area contributed by atoms with E-state index in [2.05, 4.69) is 4.74 Å². The highest BCUT2D eigenvalue weighted by Gasteiger charge is 2.24. The highest BCUT2D eigenvalue weighted by atomic mass is 32.1. The van der Waals surface area contributed by atoms with Gasteiger partial charge in [0, 0.05) is 23.1 Å². The summed E-state index contributed by atoms with van der Waals surface area (Å²) in [5, 5.41) is 0.655. The molecule has 0 aliphatic carbocycles. The van der Waals surface area contributed by atoms with Crippen LogP contribution in [0.2, 0.25) is 0 Å². The first-order chi connectivity index (χ1) is 15.1. The second-order valence-corrected chi connectivity index (χ2v) is 7.76. The zero-order valence-corrected chi connectivity index (χ0v) is 17.1. The van der Waals surface area contributed by atoms with E-state index < -0.39 is 11.9 Å². The molecule has 0 bridgehead atoms. The van der Waals surface area contributed by atoms with Crippen molar-refractivity contribution in [1.29, 1.82) is 0 Å². The van der Waals surface area contributed by atoms with Crippen molar-refractivity contribution in [3.05, 3.63) is 48.5 Å². The van der Waals surface area contributed by atoms with Gasteiger partial charge in [0.25, 0.3) is 0 Å². The van der Waals surface area contributed by atoms with Crippen molar-refractivity contribution in [2.24, 2.45) is 0 Å². The van der Waals surface area contributed by atoms with E-state index in [0.29, 0.717) is 29.0 Å². The predicted molar refractivity (Wildman–Crippen MR) is 111 cm³/mol. The maximum absolute atomic E-state index is 12.0. The zero-order valence-electron chi connectivity index (χ0n) is 16.2. The van der Waals surface area contributed by atoms with Crippen LogP contribution >= 0.6 is 11.3 Å². The number of benzene rings is 2. The molecule has 0 unspecified atom stereocenters. The summed E-state index contributed by atoms with van der Waals surface area (Å²) in [5.74, 6) is -1.78. The summed E-state index contributed by atoms with van der Waals surface area (Å²) in [7, 11) is 0. The normalized spacial score (nSPS) is 13.3. The summed E-state index contributed by atoms with van der Waals surface area (Å²) in [6, 6.07) is 14.4. The first-order valence-electron chi connectivity index (χ1n) is 9.46. The van der Waals surface area contributed by atoms with Gasteiger partial charge in [-0.3, -0.25) is 9.59 Å². The molecule has 2 heterocycles. The van der Waals surface area contributed by atoms with Crippen LogP contribution in [0.3, 0.4) is 0 Å². The van der Waals surface area contributed by atoms with E-state index in [0.717, 1.165) is 16.7 Å². The average Bonchev–Trinajstić information content (AvgIpc) is 3.36. The molecule has 31 heavy (non-hydrogen) atoms. The lowest BCUT2D eigenvalue weighted by atomic mass is 10.1. The molecular weight excluding hydrogens is 422 g/mol. The minimum atomic E-state index is -1.39. The van der Waals surface area contributed by atoms with Gasteiger partial charge in [-0.2, -0.15) is 0 Å². The second-order valence-electron chi connectivity index (χ2n) is 6.71. The molecule has 0 radical (unpaired) electrons. The number of rotatable bonds is 6. The molecule has 0 atom stereocenters. The minimum absolute atomic E-state index is 0.0847. The summed E-state index contributed by atoms with van der Waals surface area (Å²) < 4.78 is 15.9. The van der Waals surface area contributed by atoms with Crippen molar-refractivity contribution in [2.75, 3.05) is 13.3 Å². The van der Waals surface area contributed by atoms with Crippen LogP contribution in [0.25, 0.3) is 20.5 Å². The maximum atomic E-state index is 12.0. The number of carbonyl (C=O) groups excluding carboxylic acids is 4. The number of fused-ring (bicyclic) bond motifs is 1. The van der Waals surface area contributed by atoms with Crippen LogP contribution in [0.4, 0.5) is 0 Å². The van der Waals surface area contributed by atoms with Gasteiger partial charge in [-0.1, -0.05) is 12.1 Å². The molecule has 1 saturated heterocycles. The first kappa shape index (κ1) is 20.5. The third-order valence-electron chi connectivity index (χ3n) is 4.74. The number of ether oxygens (including phenoxy) is 3. The topological polar surface area (TPSA) is 99.2 Å². The lowest BCUT2D eigenvalue weighted by Gasteiger charge is -2.16. The summed E-state index contributed by atoms with van der Waals surface area (Å²) in [6.45, 7) is 0.771. The molecule has 0 spiro atoms. The third kappa shape index (κ3) is 4.41. The van der Waals surface area contributed by atoms with Crippen molar-refractivity contribution >= 4 is 45.7 Å². The van der Waals surface area contributed by atoms with E-state index >= 15 is 0 Å². The first-order valence-corrected chi connectivity index (χ1v) is 10.3. The van der Waals surface area contributed by atoms with Crippen LogP contribution in [-0.2, 0) is 23.9 Å². The zero-order chi connectivity index (χ0) is 21.8. The Morgan fingerprint density at radius 3 is 2.55 bits per heavy atom. The van der Waals surface area contributed by atoms with Gasteiger partial charge in [-0.05, 0) is 48.4 Å². The molecule has 1 fully saturated rings. The number of thiophene rings is 1. The Balaban J connectivity index is 1.58. The third-order valence-corrected chi connectivity index (χ3v) is 5.94. The van der Waals surface area contributed by atoms with Crippen molar-refractivity contribution in [2.45, 2.75) is 12.8 Å². The number of esters is 2. The van der Waals surface area contributed by atoms with E-state index in [9.17, 15) is 19.2 Å². The minimum Gasteiger partial charge on any atom is -0.473 e. The van der Waals surface area contributed by atoms with Gasteiger partial charge in [-0.15, -0.1) is 11.3 Å². The van der Waals surface area contributed by atoms with Crippen molar-refractivity contribution < 1.29 is 33.4 Å². The molecule has 1 aliphatic rings. The largest absolute Gasteiger partial charge is 0.473 e. The summed E-state index contributed by atoms with van der Waals surface area (Å²) >= 11 is 1.39. The van der Waals surface area contributed by atoms with Gasteiger partial charge in [0.15, 0.2) is 12.5 Å². The Kier molecular flexibility index (Phi) is 5.94. The fourth-order valence-corrected chi connectivity index (χ4v) is 4.37. The molecule has 0 N–H and O–H groups in total. The number of amides is 1. The van der Waals surface area contributed by atoms with E-state index in [1.54, 1.807) is 41.3 Å². The van der Waals surface area contributed by atoms with E-state index in [4.69, 9.17) is 9.47 Å². The molecule has 158 valence electrons. The Hall–Kier alpha value is -3.72. The molecule has 0 saturated carbocycles. The fraction of sp³-hybridized carbons (Fsp3) is 0.182. The SMILES string of the molecule is O=COC(=O)C(=O)Oc1c(-c2ccc(OCN3CCCC3=O)cc2)sc2ccccc12. The summed E-state index contributed by atoms with van der Waals surface area (Å²) in [5.41, 5.74) is 0.748. The maximum Gasteiger partial charge on any atom is 0.425 e. The standard InChI is InChI=1S/C22H17NO7S/c24-13-29-21(26)22(27)30-19-16-4-1-2-5-17(16)31-20(19)14-7-9-15(10-8-14)28-12-23-11-3-6-18(23)25/h1-2,4-5,7-10,13H,3,6,11-12H2. The molecule has 8 nitrogen and oxygen atoms in total. The molecular formula is C22H17NO7S. The Bertz CT molecular complexity index is 1150. The van der Waals surface area contributed by atoms with Gasteiger partial charge in [0.1, 0.15) is 5.75 Å². The van der Waals surface area contributed by atoms with Crippen LogP contribution in [0.1, 0.15) is 12.8 Å². The molecule has 9 heteroatoms. The Morgan fingerprint density at radius 2 is 1.84 bits per heavy atom. The second kappa shape index (κ2) is 8.97. The lowest BCUT2D eigenvalue weighted by molar-refractivity contribution is -0.164. The lowest BCUT2D eigenvalue weighted by Crippen LogP contribution is -2.28. The van der Waals surface area contributed by atoms with Crippen LogP contribution in [0.5, 0.6) is 11.5 Å². The van der Waals surface area contributed by atoms with Gasteiger partial charge in [-0.25, -0.2) is 9.59 Å². The van der Waals surface area contributed by atoms with Gasteiger partial charge in [0.2, 0.25) is 5.91 Å². The molecule has 3 aromatic rings. The van der Waals surface area contributed by atoms with Crippen LogP contribution in [-0.4, -0.2) is 42.5 Å². The number of carbonyl (C=O) groups is 4. The average molecular weight is 439 g/mol. The Morgan fingerprint density at radius 1 is 1.06 bits per heavy atom. The van der Waals surface area contributed by atoms with E-state index in [1.165, 1.54) is 11.3 Å². The van der Waals surface area contributed by atoms with Crippen LogP contribution in [0, 0.1) is 0 Å².